The van der Waals surface area contributed by atoms with E-state index in [1.54, 1.807) is 0 Å². The average molecular weight is 181 g/mol. The number of benzene rings is 1. The molecule has 0 bridgehead atoms. The van der Waals surface area contributed by atoms with E-state index in [9.17, 15) is 4.53 Å². The molecule has 0 unspecified atom stereocenters. The summed E-state index contributed by atoms with van der Waals surface area (Å²) in [6, 6.07) is 8.27. The van der Waals surface area contributed by atoms with Crippen molar-refractivity contribution in [3.05, 3.63) is 29.8 Å². The summed E-state index contributed by atoms with van der Waals surface area (Å²) in [7, 11) is 0. The molecule has 1 aromatic carbocycles. The van der Waals surface area contributed by atoms with Crippen molar-refractivity contribution in [3.8, 4) is 0 Å². The Bertz CT molecular complexity index is 286. The van der Waals surface area contributed by atoms with Gasteiger partial charge in [-0.15, -0.1) is 0 Å². The van der Waals surface area contributed by atoms with Crippen LogP contribution in [0.4, 0.5) is 10.2 Å². The maximum atomic E-state index is 11.6. The SMILES string of the molecule is FOCc1cccc(NC2CC2)c1. The van der Waals surface area contributed by atoms with Gasteiger partial charge in [-0.25, -0.2) is 0 Å². The Morgan fingerprint density at radius 1 is 1.46 bits per heavy atom. The van der Waals surface area contributed by atoms with E-state index in [1.165, 1.54) is 12.8 Å². The molecule has 1 N–H and O–H groups in total. The lowest BCUT2D eigenvalue weighted by Gasteiger charge is -2.05. The van der Waals surface area contributed by atoms with Crippen LogP contribution >= 0.6 is 0 Å². The van der Waals surface area contributed by atoms with Crippen molar-refractivity contribution in [2.75, 3.05) is 5.32 Å². The van der Waals surface area contributed by atoms with E-state index < -0.39 is 0 Å². The highest BCUT2D eigenvalue weighted by Gasteiger charge is 2.20. The van der Waals surface area contributed by atoms with Crippen molar-refractivity contribution < 1.29 is 9.47 Å². The van der Waals surface area contributed by atoms with Crippen LogP contribution < -0.4 is 5.32 Å². The number of halogens is 1. The van der Waals surface area contributed by atoms with Gasteiger partial charge in [0.25, 0.3) is 0 Å². The van der Waals surface area contributed by atoms with Crippen LogP contribution in [0.1, 0.15) is 18.4 Å². The molecule has 0 heterocycles. The largest absolute Gasteiger partial charge is 0.382 e. The predicted molar refractivity (Wildman–Crippen MR) is 49.0 cm³/mol. The summed E-state index contributed by atoms with van der Waals surface area (Å²) >= 11 is 0. The molecule has 0 aromatic heterocycles. The quantitative estimate of drug-likeness (QED) is 0.771. The van der Waals surface area contributed by atoms with Crippen LogP contribution in [-0.2, 0) is 11.5 Å². The number of rotatable bonds is 4. The molecule has 0 spiro atoms. The van der Waals surface area contributed by atoms with Gasteiger partial charge >= 0.3 is 0 Å². The van der Waals surface area contributed by atoms with Gasteiger partial charge in [0, 0.05) is 11.7 Å². The van der Waals surface area contributed by atoms with Crippen molar-refractivity contribution in [2.24, 2.45) is 0 Å². The van der Waals surface area contributed by atoms with E-state index in [0.717, 1.165) is 11.3 Å². The molecular weight excluding hydrogens is 169 g/mol. The van der Waals surface area contributed by atoms with Crippen LogP contribution in [0, 0.1) is 0 Å². The normalized spacial score (nSPS) is 15.8. The second-order valence-electron chi connectivity index (χ2n) is 3.37. The van der Waals surface area contributed by atoms with E-state index in [-0.39, 0.29) is 6.61 Å². The van der Waals surface area contributed by atoms with Gasteiger partial charge in [0.1, 0.15) is 6.61 Å². The zero-order chi connectivity index (χ0) is 9.10. The van der Waals surface area contributed by atoms with E-state index in [2.05, 4.69) is 10.3 Å². The van der Waals surface area contributed by atoms with Crippen LogP contribution in [-0.4, -0.2) is 6.04 Å². The molecule has 0 amide bonds. The van der Waals surface area contributed by atoms with Crippen LogP contribution in [0.3, 0.4) is 0 Å². The average Bonchev–Trinajstić information content (AvgIpc) is 2.90. The van der Waals surface area contributed by atoms with Crippen molar-refractivity contribution in [1.82, 2.24) is 0 Å². The van der Waals surface area contributed by atoms with Gasteiger partial charge in [-0.3, -0.25) is 0 Å². The third kappa shape index (κ3) is 2.42. The first-order chi connectivity index (χ1) is 6.38. The zero-order valence-electron chi connectivity index (χ0n) is 7.29. The summed E-state index contributed by atoms with van der Waals surface area (Å²) in [6.07, 6.45) is 2.48. The first kappa shape index (κ1) is 8.51. The second kappa shape index (κ2) is 3.75. The Morgan fingerprint density at radius 3 is 3.00 bits per heavy atom. The molecule has 70 valence electrons. The van der Waals surface area contributed by atoms with Crippen LogP contribution in [0.5, 0.6) is 0 Å². The Hall–Kier alpha value is -1.09. The minimum absolute atomic E-state index is 0.0280. The van der Waals surface area contributed by atoms with Gasteiger partial charge in [0.15, 0.2) is 0 Å². The number of hydrogen-bond donors (Lipinski definition) is 1. The topological polar surface area (TPSA) is 21.3 Å². The summed E-state index contributed by atoms with van der Waals surface area (Å²) < 4.78 is 11.6. The summed E-state index contributed by atoms with van der Waals surface area (Å²) in [5.74, 6) is 0. The molecule has 2 rings (SSSR count). The summed E-state index contributed by atoms with van der Waals surface area (Å²) in [6.45, 7) is 0.0280. The molecule has 1 aliphatic rings. The Morgan fingerprint density at radius 2 is 2.31 bits per heavy atom. The van der Waals surface area contributed by atoms with Crippen LogP contribution in [0.25, 0.3) is 0 Å². The zero-order valence-corrected chi connectivity index (χ0v) is 7.29. The molecule has 0 saturated heterocycles. The van der Waals surface area contributed by atoms with Crippen molar-refractivity contribution in [3.63, 3.8) is 0 Å². The van der Waals surface area contributed by atoms with Gasteiger partial charge in [0.05, 0.1) is 0 Å². The second-order valence-corrected chi connectivity index (χ2v) is 3.37. The standard InChI is InChI=1S/C10H12FNO/c11-13-7-8-2-1-3-10(6-8)12-9-4-5-9/h1-3,6,9,12H,4-5,7H2. The highest BCUT2D eigenvalue weighted by molar-refractivity contribution is 5.47. The van der Waals surface area contributed by atoms with Gasteiger partial charge in [-0.2, -0.15) is 4.94 Å². The number of hydrogen-bond acceptors (Lipinski definition) is 2. The summed E-state index contributed by atoms with van der Waals surface area (Å²) in [4.78, 5) is 3.58. The van der Waals surface area contributed by atoms with Gasteiger partial charge in [-0.05, 0) is 35.1 Å². The van der Waals surface area contributed by atoms with Crippen LogP contribution in [0.15, 0.2) is 24.3 Å². The lowest BCUT2D eigenvalue weighted by Crippen LogP contribution is -2.00. The Balaban J connectivity index is 2.02. The molecule has 2 nitrogen and oxygen atoms in total. The van der Waals surface area contributed by atoms with Crippen LogP contribution in [0.2, 0.25) is 0 Å². The minimum Gasteiger partial charge on any atom is -0.382 e. The highest BCUT2D eigenvalue weighted by Crippen LogP contribution is 2.25. The Kier molecular flexibility index (Phi) is 2.45. The fourth-order valence-corrected chi connectivity index (χ4v) is 1.28. The fourth-order valence-electron chi connectivity index (χ4n) is 1.28. The molecule has 0 radical (unpaired) electrons. The molecule has 1 saturated carbocycles. The molecule has 1 aliphatic carbocycles. The summed E-state index contributed by atoms with van der Waals surface area (Å²) in [5.41, 5.74) is 1.91. The molecule has 13 heavy (non-hydrogen) atoms. The van der Waals surface area contributed by atoms with Gasteiger partial charge < -0.3 is 5.32 Å². The van der Waals surface area contributed by atoms with E-state index >= 15 is 0 Å². The van der Waals surface area contributed by atoms with Crippen molar-refractivity contribution in [1.29, 1.82) is 0 Å². The first-order valence-corrected chi connectivity index (χ1v) is 4.47. The monoisotopic (exact) mass is 181 g/mol. The van der Waals surface area contributed by atoms with Crippen molar-refractivity contribution >= 4 is 5.69 Å². The predicted octanol–water partition coefficient (Wildman–Crippen LogP) is 2.66. The highest BCUT2D eigenvalue weighted by atomic mass is 19.3. The molecular formula is C10H12FNO. The molecule has 1 fully saturated rings. The van der Waals surface area contributed by atoms with E-state index in [0.29, 0.717) is 6.04 Å². The van der Waals surface area contributed by atoms with E-state index in [1.807, 2.05) is 24.3 Å². The number of nitrogens with one attached hydrogen (secondary N) is 1. The smallest absolute Gasteiger partial charge is 0.113 e. The number of anilines is 1. The minimum atomic E-state index is 0.0280. The first-order valence-electron chi connectivity index (χ1n) is 4.47. The van der Waals surface area contributed by atoms with E-state index in [4.69, 9.17) is 0 Å². The lowest BCUT2D eigenvalue weighted by molar-refractivity contribution is -0.144. The molecule has 1 aromatic rings. The molecule has 3 heteroatoms. The maximum absolute atomic E-state index is 11.6. The third-order valence-corrected chi connectivity index (χ3v) is 2.10. The van der Waals surface area contributed by atoms with Gasteiger partial charge in [0.2, 0.25) is 0 Å². The molecule has 0 aliphatic heterocycles. The van der Waals surface area contributed by atoms with Gasteiger partial charge in [-0.1, -0.05) is 12.1 Å². The summed E-state index contributed by atoms with van der Waals surface area (Å²) in [5, 5.41) is 3.34. The fraction of sp³-hybridized carbons (Fsp3) is 0.400. The third-order valence-electron chi connectivity index (χ3n) is 2.10. The maximum Gasteiger partial charge on any atom is 0.113 e. The van der Waals surface area contributed by atoms with Crippen molar-refractivity contribution in [2.45, 2.75) is 25.5 Å². The Labute approximate surface area is 76.6 Å². The molecule has 0 atom stereocenters. The lowest BCUT2D eigenvalue weighted by atomic mass is 10.2.